The predicted octanol–water partition coefficient (Wildman–Crippen LogP) is 5.45. The van der Waals surface area contributed by atoms with Gasteiger partial charge in [0, 0.05) is 18.8 Å². The Hall–Kier alpha value is -0.310. The quantitative estimate of drug-likeness (QED) is 0.669. The standard InChI is InChI=1S/C16H22Cl3NO/c1-20(13-9-6-10-14(11-13)21-2)15(16(17,18)19)12-7-4-3-5-8-12/h6,9-12,15H,3-5,7-8H2,1-2H3. The van der Waals surface area contributed by atoms with Gasteiger partial charge in [-0.1, -0.05) is 60.1 Å². The summed E-state index contributed by atoms with van der Waals surface area (Å²) in [5.74, 6) is 1.22. The van der Waals surface area contributed by atoms with Crippen LogP contribution in [0.15, 0.2) is 24.3 Å². The number of rotatable bonds is 4. The van der Waals surface area contributed by atoms with E-state index < -0.39 is 3.79 Å². The number of ether oxygens (including phenoxy) is 1. The molecule has 0 spiro atoms. The number of alkyl halides is 3. The first-order valence-corrected chi connectivity index (χ1v) is 8.50. The lowest BCUT2D eigenvalue weighted by molar-refractivity contribution is 0.299. The van der Waals surface area contributed by atoms with Gasteiger partial charge in [0.25, 0.3) is 0 Å². The van der Waals surface area contributed by atoms with Crippen LogP contribution in [0.3, 0.4) is 0 Å². The summed E-state index contributed by atoms with van der Waals surface area (Å²) in [5, 5.41) is 0. The van der Waals surface area contributed by atoms with Crippen LogP contribution < -0.4 is 9.64 Å². The summed E-state index contributed by atoms with van der Waals surface area (Å²) >= 11 is 18.9. The third-order valence-corrected chi connectivity index (χ3v) is 4.98. The summed E-state index contributed by atoms with van der Waals surface area (Å²) in [7, 11) is 3.66. The summed E-state index contributed by atoms with van der Waals surface area (Å²) in [6.45, 7) is 0. The lowest BCUT2D eigenvalue weighted by atomic mass is 9.83. The Balaban J connectivity index is 2.26. The van der Waals surface area contributed by atoms with Crippen LogP contribution in [0.2, 0.25) is 0 Å². The fourth-order valence-electron chi connectivity index (χ4n) is 3.24. The van der Waals surface area contributed by atoms with Crippen molar-refractivity contribution < 1.29 is 4.74 Å². The lowest BCUT2D eigenvalue weighted by Crippen LogP contribution is -2.48. The molecule has 0 radical (unpaired) electrons. The molecule has 1 aromatic carbocycles. The van der Waals surface area contributed by atoms with Crippen molar-refractivity contribution in [2.24, 2.45) is 5.92 Å². The molecular formula is C16H22Cl3NO. The third-order valence-electron chi connectivity index (χ3n) is 4.31. The number of halogens is 3. The molecular weight excluding hydrogens is 329 g/mol. The zero-order valence-corrected chi connectivity index (χ0v) is 14.8. The molecule has 1 aliphatic carbocycles. The molecule has 5 heteroatoms. The molecule has 0 heterocycles. The van der Waals surface area contributed by atoms with Gasteiger partial charge in [-0.15, -0.1) is 0 Å². The van der Waals surface area contributed by atoms with E-state index in [9.17, 15) is 0 Å². The van der Waals surface area contributed by atoms with Crippen molar-refractivity contribution in [2.75, 3.05) is 19.1 Å². The van der Waals surface area contributed by atoms with Gasteiger partial charge in [0.1, 0.15) is 5.75 Å². The molecule has 1 unspecified atom stereocenters. The lowest BCUT2D eigenvalue weighted by Gasteiger charge is -2.41. The number of hydrogen-bond donors (Lipinski definition) is 0. The molecule has 1 aliphatic rings. The Morgan fingerprint density at radius 3 is 2.43 bits per heavy atom. The van der Waals surface area contributed by atoms with Gasteiger partial charge in [-0.2, -0.15) is 0 Å². The second-order valence-electron chi connectivity index (χ2n) is 5.70. The van der Waals surface area contributed by atoms with Crippen molar-refractivity contribution in [3.63, 3.8) is 0 Å². The summed E-state index contributed by atoms with van der Waals surface area (Å²) in [6.07, 6.45) is 5.95. The fraction of sp³-hybridized carbons (Fsp3) is 0.625. The molecule has 2 nitrogen and oxygen atoms in total. The van der Waals surface area contributed by atoms with Gasteiger partial charge in [-0.25, -0.2) is 0 Å². The fourth-order valence-corrected chi connectivity index (χ4v) is 4.22. The molecule has 1 saturated carbocycles. The topological polar surface area (TPSA) is 12.5 Å². The van der Waals surface area contributed by atoms with Crippen LogP contribution in [0.1, 0.15) is 32.1 Å². The van der Waals surface area contributed by atoms with Gasteiger partial charge in [0.2, 0.25) is 3.79 Å². The van der Waals surface area contributed by atoms with Gasteiger partial charge in [-0.3, -0.25) is 0 Å². The molecule has 1 fully saturated rings. The summed E-state index contributed by atoms with van der Waals surface area (Å²) in [4.78, 5) is 2.09. The van der Waals surface area contributed by atoms with Crippen LogP contribution in [0.25, 0.3) is 0 Å². The highest BCUT2D eigenvalue weighted by atomic mass is 35.6. The van der Waals surface area contributed by atoms with Crippen LogP contribution in [-0.2, 0) is 0 Å². The first-order chi connectivity index (χ1) is 9.93. The minimum Gasteiger partial charge on any atom is -0.497 e. The number of hydrogen-bond acceptors (Lipinski definition) is 2. The van der Waals surface area contributed by atoms with Gasteiger partial charge in [0.15, 0.2) is 0 Å². The molecule has 1 aromatic rings. The van der Waals surface area contributed by atoms with Crippen molar-refractivity contribution in [1.82, 2.24) is 0 Å². The van der Waals surface area contributed by atoms with Crippen LogP contribution in [-0.4, -0.2) is 24.0 Å². The van der Waals surface area contributed by atoms with Crippen LogP contribution in [0.4, 0.5) is 5.69 Å². The average Bonchev–Trinajstić information content (AvgIpc) is 2.47. The zero-order valence-electron chi connectivity index (χ0n) is 12.5. The van der Waals surface area contributed by atoms with E-state index in [0.29, 0.717) is 5.92 Å². The van der Waals surface area contributed by atoms with Crippen molar-refractivity contribution in [3.05, 3.63) is 24.3 Å². The molecule has 0 bridgehead atoms. The molecule has 118 valence electrons. The van der Waals surface area contributed by atoms with E-state index in [2.05, 4.69) is 4.90 Å². The number of benzene rings is 1. The van der Waals surface area contributed by atoms with Gasteiger partial charge in [0.05, 0.1) is 13.2 Å². The summed E-state index contributed by atoms with van der Waals surface area (Å²) < 4.78 is 3.98. The highest BCUT2D eigenvalue weighted by Gasteiger charge is 2.41. The molecule has 21 heavy (non-hydrogen) atoms. The first kappa shape index (κ1) is 17.1. The van der Waals surface area contributed by atoms with Gasteiger partial charge < -0.3 is 9.64 Å². The van der Waals surface area contributed by atoms with Crippen LogP contribution >= 0.6 is 34.8 Å². The van der Waals surface area contributed by atoms with Crippen molar-refractivity contribution in [2.45, 2.75) is 41.9 Å². The number of nitrogens with zero attached hydrogens (tertiary/aromatic N) is 1. The SMILES string of the molecule is COc1cccc(N(C)C(C2CCCCC2)C(Cl)(Cl)Cl)c1. The van der Waals surface area contributed by atoms with Crippen molar-refractivity contribution in [1.29, 1.82) is 0 Å². The van der Waals surface area contributed by atoms with Crippen LogP contribution in [0, 0.1) is 5.92 Å². The molecule has 1 atom stereocenters. The summed E-state index contributed by atoms with van der Waals surface area (Å²) in [5.41, 5.74) is 1.01. The Kier molecular flexibility index (Phi) is 5.93. The number of methoxy groups -OCH3 is 1. The van der Waals surface area contributed by atoms with Crippen molar-refractivity contribution in [3.8, 4) is 5.75 Å². The smallest absolute Gasteiger partial charge is 0.210 e. The Bertz CT molecular complexity index is 455. The monoisotopic (exact) mass is 349 g/mol. The largest absolute Gasteiger partial charge is 0.497 e. The van der Waals surface area contributed by atoms with E-state index in [1.54, 1.807) is 7.11 Å². The highest BCUT2D eigenvalue weighted by molar-refractivity contribution is 6.68. The maximum atomic E-state index is 6.31. The predicted molar refractivity (Wildman–Crippen MR) is 92.1 cm³/mol. The average molecular weight is 351 g/mol. The maximum Gasteiger partial charge on any atom is 0.210 e. The van der Waals surface area contributed by atoms with Gasteiger partial charge in [-0.05, 0) is 30.9 Å². The third kappa shape index (κ3) is 4.34. The highest BCUT2D eigenvalue weighted by Crippen LogP contribution is 2.43. The van der Waals surface area contributed by atoms with E-state index in [0.717, 1.165) is 24.3 Å². The van der Waals surface area contributed by atoms with Crippen LogP contribution in [0.5, 0.6) is 5.75 Å². The molecule has 0 amide bonds. The second-order valence-corrected chi connectivity index (χ2v) is 8.07. The summed E-state index contributed by atoms with van der Waals surface area (Å²) in [6, 6.07) is 7.75. The molecule has 0 aromatic heterocycles. The molecule has 0 N–H and O–H groups in total. The minimum absolute atomic E-state index is 0.130. The van der Waals surface area contributed by atoms with E-state index in [1.165, 1.54) is 19.3 Å². The normalized spacial score (nSPS) is 18.3. The van der Waals surface area contributed by atoms with Gasteiger partial charge >= 0.3 is 0 Å². The second kappa shape index (κ2) is 7.30. The van der Waals surface area contributed by atoms with Crippen molar-refractivity contribution >= 4 is 40.5 Å². The Morgan fingerprint density at radius 2 is 1.86 bits per heavy atom. The minimum atomic E-state index is -1.31. The van der Waals surface area contributed by atoms with E-state index in [-0.39, 0.29) is 6.04 Å². The zero-order chi connectivity index (χ0) is 15.5. The first-order valence-electron chi connectivity index (χ1n) is 7.37. The van der Waals surface area contributed by atoms with E-state index in [1.807, 2.05) is 31.3 Å². The molecule has 0 saturated heterocycles. The van der Waals surface area contributed by atoms with E-state index in [4.69, 9.17) is 39.5 Å². The Morgan fingerprint density at radius 1 is 1.19 bits per heavy atom. The maximum absolute atomic E-state index is 6.31. The molecule has 2 rings (SSSR count). The van der Waals surface area contributed by atoms with E-state index >= 15 is 0 Å². The number of anilines is 1. The Labute approximate surface area is 142 Å². The molecule has 0 aliphatic heterocycles.